The highest BCUT2D eigenvalue weighted by Gasteiger charge is 2.31. The minimum absolute atomic E-state index is 0.285. The fourth-order valence-corrected chi connectivity index (χ4v) is 6.13. The van der Waals surface area contributed by atoms with E-state index in [2.05, 4.69) is 0 Å². The lowest BCUT2D eigenvalue weighted by atomic mass is 9.81. The molecule has 0 saturated heterocycles. The van der Waals surface area contributed by atoms with Gasteiger partial charge in [-0.05, 0) is 92.0 Å². The summed E-state index contributed by atoms with van der Waals surface area (Å²) in [5.41, 5.74) is 5.69. The second kappa shape index (κ2) is 16.4. The first-order valence-corrected chi connectivity index (χ1v) is 17.2. The van der Waals surface area contributed by atoms with Crippen molar-refractivity contribution in [2.45, 2.75) is 93.0 Å². The Morgan fingerprint density at radius 3 is 1.53 bits per heavy atom. The highest BCUT2D eigenvalue weighted by atomic mass is 16.6. The highest BCUT2D eigenvalue weighted by Crippen LogP contribution is 2.49. The summed E-state index contributed by atoms with van der Waals surface area (Å²) in [6, 6.07) is 23.9. The van der Waals surface area contributed by atoms with E-state index in [0.29, 0.717) is 29.6 Å². The van der Waals surface area contributed by atoms with E-state index in [1.807, 2.05) is 142 Å². The predicted octanol–water partition coefficient (Wildman–Crippen LogP) is 9.13. The molecule has 0 heterocycles. The van der Waals surface area contributed by atoms with Gasteiger partial charge in [-0.25, -0.2) is 9.59 Å². The lowest BCUT2D eigenvalue weighted by Gasteiger charge is -2.28. The van der Waals surface area contributed by atoms with Gasteiger partial charge in [-0.3, -0.25) is 0 Å². The van der Waals surface area contributed by atoms with Crippen molar-refractivity contribution in [2.24, 2.45) is 0 Å². The smallest absolute Gasteiger partial charge is 0.344 e. The van der Waals surface area contributed by atoms with Crippen LogP contribution < -0.4 is 18.9 Å². The molecule has 0 aliphatic rings. The summed E-state index contributed by atoms with van der Waals surface area (Å²) in [6.45, 7) is 18.6. The van der Waals surface area contributed by atoms with Gasteiger partial charge in [-0.1, -0.05) is 77.9 Å². The summed E-state index contributed by atoms with van der Waals surface area (Å²) in [5, 5.41) is 0. The van der Waals surface area contributed by atoms with Crippen LogP contribution in [0.2, 0.25) is 0 Å². The van der Waals surface area contributed by atoms with Crippen LogP contribution in [-0.4, -0.2) is 43.5 Å². The molecule has 8 heteroatoms. The SMILES string of the molecule is COc1c(OCc2ccccc2)cccc1C(c1cc(C)cc(C)c1OCC(=O)OC(C)(C)C)c1cc(C)cc(C)c1OCC(=O)OC(C)(C)C. The molecule has 4 aromatic carbocycles. The van der Waals surface area contributed by atoms with E-state index >= 15 is 0 Å². The predicted molar refractivity (Wildman–Crippen MR) is 199 cm³/mol. The zero-order valence-corrected chi connectivity index (χ0v) is 31.9. The number of carbonyl (C=O) groups is 2. The van der Waals surface area contributed by atoms with Crippen LogP contribution in [0.1, 0.15) is 92.0 Å². The Kier molecular flexibility index (Phi) is 12.5. The standard InChI is InChI=1S/C43H52O8/c1-27-20-29(3)39(48-25-36(44)50-42(5,6)7)33(22-27)38(32-18-15-19-35(41(32)46-11)47-24-31-16-13-12-14-17-31)34-23-28(2)21-30(4)40(34)49-26-37(45)51-43(8,9)10/h12-23,38H,24-26H2,1-11H3. The van der Waals surface area contributed by atoms with E-state index in [1.54, 1.807) is 7.11 Å². The normalized spacial score (nSPS) is 11.6. The van der Waals surface area contributed by atoms with Gasteiger partial charge in [-0.2, -0.15) is 0 Å². The molecular weight excluding hydrogens is 644 g/mol. The minimum atomic E-state index is -0.666. The first kappa shape index (κ1) is 38.8. The number of benzene rings is 4. The van der Waals surface area contributed by atoms with Gasteiger partial charge in [0.25, 0.3) is 0 Å². The molecule has 51 heavy (non-hydrogen) atoms. The number of ether oxygens (including phenoxy) is 6. The van der Waals surface area contributed by atoms with Crippen LogP contribution in [0.15, 0.2) is 72.8 Å². The molecule has 4 rings (SSSR count). The Hall–Kier alpha value is -4.98. The molecule has 0 aliphatic carbocycles. The fourth-order valence-electron chi connectivity index (χ4n) is 6.13. The summed E-state index contributed by atoms with van der Waals surface area (Å²) in [7, 11) is 1.62. The quantitative estimate of drug-likeness (QED) is 0.101. The average molecular weight is 697 g/mol. The van der Waals surface area contributed by atoms with Crippen molar-refractivity contribution >= 4 is 11.9 Å². The molecule has 0 spiro atoms. The third-order valence-electron chi connectivity index (χ3n) is 7.79. The first-order valence-electron chi connectivity index (χ1n) is 17.2. The number of aryl methyl sites for hydroxylation is 4. The molecule has 0 bridgehead atoms. The van der Waals surface area contributed by atoms with E-state index in [-0.39, 0.29) is 13.2 Å². The molecular formula is C43H52O8. The number of hydrogen-bond acceptors (Lipinski definition) is 8. The molecule has 0 N–H and O–H groups in total. The maximum absolute atomic E-state index is 12.9. The topological polar surface area (TPSA) is 89.5 Å². The molecule has 0 amide bonds. The van der Waals surface area contributed by atoms with Crippen LogP contribution in [0, 0.1) is 27.7 Å². The van der Waals surface area contributed by atoms with Crippen molar-refractivity contribution in [3.8, 4) is 23.0 Å². The number of rotatable bonds is 13. The molecule has 272 valence electrons. The van der Waals surface area contributed by atoms with Gasteiger partial charge in [0.1, 0.15) is 29.3 Å². The van der Waals surface area contributed by atoms with E-state index in [4.69, 9.17) is 28.4 Å². The zero-order chi connectivity index (χ0) is 37.5. The summed E-state index contributed by atoms with van der Waals surface area (Å²) < 4.78 is 36.4. The zero-order valence-electron chi connectivity index (χ0n) is 31.9. The molecule has 4 aromatic rings. The van der Waals surface area contributed by atoms with Crippen molar-refractivity contribution in [1.29, 1.82) is 0 Å². The van der Waals surface area contributed by atoms with Crippen LogP contribution in [0.3, 0.4) is 0 Å². The van der Waals surface area contributed by atoms with Crippen LogP contribution in [0.5, 0.6) is 23.0 Å². The Bertz CT molecular complexity index is 1740. The molecule has 0 saturated carbocycles. The number of esters is 2. The number of methoxy groups -OCH3 is 1. The van der Waals surface area contributed by atoms with Crippen molar-refractivity contribution in [3.63, 3.8) is 0 Å². The maximum atomic E-state index is 12.9. The van der Waals surface area contributed by atoms with Gasteiger partial charge in [-0.15, -0.1) is 0 Å². The minimum Gasteiger partial charge on any atom is -0.493 e. The van der Waals surface area contributed by atoms with Crippen molar-refractivity contribution in [2.75, 3.05) is 20.3 Å². The Morgan fingerprint density at radius 1 is 0.588 bits per heavy atom. The Labute approximate surface area is 303 Å². The number of carbonyl (C=O) groups excluding carboxylic acids is 2. The average Bonchev–Trinajstić information content (AvgIpc) is 3.01. The molecule has 0 radical (unpaired) electrons. The highest BCUT2D eigenvalue weighted by molar-refractivity contribution is 5.73. The van der Waals surface area contributed by atoms with Crippen molar-refractivity contribution in [3.05, 3.63) is 117 Å². The van der Waals surface area contributed by atoms with Crippen molar-refractivity contribution in [1.82, 2.24) is 0 Å². The van der Waals surface area contributed by atoms with Crippen LogP contribution >= 0.6 is 0 Å². The third kappa shape index (κ3) is 10.8. The van der Waals surface area contributed by atoms with Crippen LogP contribution in [-0.2, 0) is 25.7 Å². The Morgan fingerprint density at radius 2 is 1.08 bits per heavy atom. The molecule has 0 aliphatic heterocycles. The molecule has 0 unspecified atom stereocenters. The van der Waals surface area contributed by atoms with E-state index in [1.165, 1.54) is 0 Å². The fraction of sp³-hybridized carbons (Fsp3) is 0.395. The van der Waals surface area contributed by atoms with E-state index in [9.17, 15) is 9.59 Å². The van der Waals surface area contributed by atoms with Crippen LogP contribution in [0.25, 0.3) is 0 Å². The van der Waals surface area contributed by atoms with Gasteiger partial charge >= 0.3 is 11.9 Å². The largest absolute Gasteiger partial charge is 0.493 e. The molecule has 0 fully saturated rings. The molecule has 0 aromatic heterocycles. The Balaban J connectivity index is 1.94. The summed E-state index contributed by atoms with van der Waals surface area (Å²) in [5.74, 6) is 0.647. The van der Waals surface area contributed by atoms with E-state index < -0.39 is 29.1 Å². The molecule has 0 atom stereocenters. The lowest BCUT2D eigenvalue weighted by molar-refractivity contribution is -0.158. The summed E-state index contributed by atoms with van der Waals surface area (Å²) in [4.78, 5) is 25.8. The second-order valence-corrected chi connectivity index (χ2v) is 14.8. The number of hydrogen-bond donors (Lipinski definition) is 0. The first-order chi connectivity index (χ1) is 24.0. The summed E-state index contributed by atoms with van der Waals surface area (Å²) >= 11 is 0. The number of para-hydroxylation sites is 1. The lowest BCUT2D eigenvalue weighted by Crippen LogP contribution is -2.28. The maximum Gasteiger partial charge on any atom is 0.344 e. The van der Waals surface area contributed by atoms with Gasteiger partial charge in [0.2, 0.25) is 0 Å². The molecule has 8 nitrogen and oxygen atoms in total. The van der Waals surface area contributed by atoms with Crippen molar-refractivity contribution < 1.29 is 38.0 Å². The van der Waals surface area contributed by atoms with Gasteiger partial charge in [0.15, 0.2) is 24.7 Å². The van der Waals surface area contributed by atoms with E-state index in [0.717, 1.165) is 44.5 Å². The summed E-state index contributed by atoms with van der Waals surface area (Å²) in [6.07, 6.45) is 0. The third-order valence-corrected chi connectivity index (χ3v) is 7.79. The van der Waals surface area contributed by atoms with Crippen LogP contribution in [0.4, 0.5) is 0 Å². The van der Waals surface area contributed by atoms with Gasteiger partial charge < -0.3 is 28.4 Å². The van der Waals surface area contributed by atoms with Gasteiger partial charge in [0.05, 0.1) is 7.11 Å². The second-order valence-electron chi connectivity index (χ2n) is 14.8. The monoisotopic (exact) mass is 696 g/mol. The van der Waals surface area contributed by atoms with Gasteiger partial charge in [0, 0.05) is 22.6 Å².